The molecule has 0 radical (unpaired) electrons. The van der Waals surface area contributed by atoms with Crippen molar-refractivity contribution in [2.45, 2.75) is 13.0 Å². The Morgan fingerprint density at radius 2 is 2.08 bits per heavy atom. The van der Waals surface area contributed by atoms with Crippen molar-refractivity contribution in [3.8, 4) is 0 Å². The van der Waals surface area contributed by atoms with Gasteiger partial charge in [-0.15, -0.1) is 0 Å². The Balaban J connectivity index is 1.97. The Morgan fingerprint density at radius 1 is 1.27 bits per heavy atom. The molecule has 0 bridgehead atoms. The van der Waals surface area contributed by atoms with E-state index < -0.39 is 23.8 Å². The van der Waals surface area contributed by atoms with Crippen LogP contribution >= 0.6 is 11.6 Å². The Kier molecular flexibility index (Phi) is 4.12. The van der Waals surface area contributed by atoms with E-state index in [0.29, 0.717) is 11.0 Å². The summed E-state index contributed by atoms with van der Waals surface area (Å²) in [7, 11) is 0. The standard InChI is InChI=1S/C19H16ClN3O3/c1-2-26-18(25)15-16(11-6-5-7-12(20)10-11)23-14-9-4-3-8-13(14)21-19(23)22-17(15)24/h3-10,15-16H,2H2,1H3,(H,21,22,24)/t15-,16+/m0/s1. The first kappa shape index (κ1) is 16.6. The topological polar surface area (TPSA) is 73.2 Å². The Bertz CT molecular complexity index is 1010. The number of fused-ring (bicyclic) bond motifs is 3. The van der Waals surface area contributed by atoms with Gasteiger partial charge in [-0.2, -0.15) is 0 Å². The van der Waals surface area contributed by atoms with E-state index in [2.05, 4.69) is 10.3 Å². The van der Waals surface area contributed by atoms with Gasteiger partial charge in [0, 0.05) is 5.02 Å². The number of aromatic nitrogens is 2. The molecular weight excluding hydrogens is 354 g/mol. The monoisotopic (exact) mass is 369 g/mol. The van der Waals surface area contributed by atoms with Crippen LogP contribution in [0.25, 0.3) is 11.0 Å². The summed E-state index contributed by atoms with van der Waals surface area (Å²) in [5.41, 5.74) is 2.30. The lowest BCUT2D eigenvalue weighted by molar-refractivity contribution is -0.152. The van der Waals surface area contributed by atoms with Crippen LogP contribution in [0, 0.1) is 5.92 Å². The summed E-state index contributed by atoms with van der Waals surface area (Å²) in [5.74, 6) is -1.63. The second-order valence-corrected chi connectivity index (χ2v) is 6.45. The number of rotatable bonds is 3. The molecule has 6 nitrogen and oxygen atoms in total. The number of halogens is 1. The normalized spacial score (nSPS) is 19.1. The number of carbonyl (C=O) groups is 2. The van der Waals surface area contributed by atoms with Crippen molar-refractivity contribution in [2.24, 2.45) is 5.92 Å². The molecule has 26 heavy (non-hydrogen) atoms. The van der Waals surface area contributed by atoms with E-state index in [-0.39, 0.29) is 6.61 Å². The molecule has 0 saturated heterocycles. The number of hydrogen-bond acceptors (Lipinski definition) is 4. The summed E-state index contributed by atoms with van der Waals surface area (Å²) in [6.45, 7) is 1.91. The summed E-state index contributed by atoms with van der Waals surface area (Å²) in [5, 5.41) is 3.26. The number of carbonyl (C=O) groups excluding carboxylic acids is 2. The summed E-state index contributed by atoms with van der Waals surface area (Å²) in [6.07, 6.45) is 0. The third-order valence-corrected chi connectivity index (χ3v) is 4.67. The van der Waals surface area contributed by atoms with Crippen LogP contribution in [0.3, 0.4) is 0 Å². The largest absolute Gasteiger partial charge is 0.465 e. The van der Waals surface area contributed by atoms with Crippen LogP contribution in [0.2, 0.25) is 5.02 Å². The third-order valence-electron chi connectivity index (χ3n) is 4.44. The second-order valence-electron chi connectivity index (χ2n) is 6.01. The number of anilines is 1. The first-order valence-electron chi connectivity index (χ1n) is 8.30. The van der Waals surface area contributed by atoms with Gasteiger partial charge < -0.3 is 9.30 Å². The number of esters is 1. The maximum absolute atomic E-state index is 12.7. The van der Waals surface area contributed by atoms with Crippen molar-refractivity contribution < 1.29 is 14.3 Å². The summed E-state index contributed by atoms with van der Waals surface area (Å²) in [6, 6.07) is 14.1. The lowest BCUT2D eigenvalue weighted by Crippen LogP contribution is -2.43. The summed E-state index contributed by atoms with van der Waals surface area (Å²) in [4.78, 5) is 29.8. The first-order valence-corrected chi connectivity index (χ1v) is 8.68. The van der Waals surface area contributed by atoms with Crippen molar-refractivity contribution in [3.05, 3.63) is 59.1 Å². The number of para-hydroxylation sites is 2. The van der Waals surface area contributed by atoms with E-state index in [9.17, 15) is 9.59 Å². The third kappa shape index (κ3) is 2.63. The van der Waals surface area contributed by atoms with Crippen LogP contribution in [0.4, 0.5) is 5.95 Å². The molecular formula is C19H16ClN3O3. The van der Waals surface area contributed by atoms with Crippen LogP contribution in [0.15, 0.2) is 48.5 Å². The van der Waals surface area contributed by atoms with Crippen LogP contribution in [0.1, 0.15) is 18.5 Å². The van der Waals surface area contributed by atoms with Gasteiger partial charge >= 0.3 is 5.97 Å². The van der Waals surface area contributed by atoms with Gasteiger partial charge in [-0.25, -0.2) is 4.98 Å². The highest BCUT2D eigenvalue weighted by Gasteiger charge is 2.44. The average Bonchev–Trinajstić information content (AvgIpc) is 2.98. The van der Waals surface area contributed by atoms with E-state index in [0.717, 1.165) is 16.6 Å². The van der Waals surface area contributed by atoms with Crippen molar-refractivity contribution in [2.75, 3.05) is 11.9 Å². The highest BCUT2D eigenvalue weighted by Crippen LogP contribution is 2.39. The highest BCUT2D eigenvalue weighted by atomic mass is 35.5. The van der Waals surface area contributed by atoms with E-state index in [1.165, 1.54) is 0 Å². The molecule has 2 aromatic carbocycles. The fraction of sp³-hybridized carbons (Fsp3) is 0.211. The van der Waals surface area contributed by atoms with Gasteiger partial charge in [0.1, 0.15) is 0 Å². The second kappa shape index (κ2) is 6.46. The van der Waals surface area contributed by atoms with E-state index >= 15 is 0 Å². The first-order chi connectivity index (χ1) is 12.6. The predicted molar refractivity (Wildman–Crippen MR) is 98.1 cm³/mol. The molecule has 1 amide bonds. The zero-order chi connectivity index (χ0) is 18.3. The number of imidazole rings is 1. The molecule has 0 aliphatic carbocycles. The molecule has 0 spiro atoms. The number of amides is 1. The molecule has 132 valence electrons. The highest BCUT2D eigenvalue weighted by molar-refractivity contribution is 6.30. The molecule has 2 atom stereocenters. The molecule has 1 aromatic heterocycles. The van der Waals surface area contributed by atoms with Crippen molar-refractivity contribution in [3.63, 3.8) is 0 Å². The van der Waals surface area contributed by atoms with Gasteiger partial charge in [-0.05, 0) is 36.8 Å². The molecule has 0 saturated carbocycles. The molecule has 0 fully saturated rings. The van der Waals surface area contributed by atoms with Crippen molar-refractivity contribution in [1.82, 2.24) is 9.55 Å². The minimum absolute atomic E-state index is 0.197. The fourth-order valence-electron chi connectivity index (χ4n) is 3.39. The Labute approximate surface area is 154 Å². The summed E-state index contributed by atoms with van der Waals surface area (Å²) < 4.78 is 7.04. The molecule has 7 heteroatoms. The molecule has 3 aromatic rings. The van der Waals surface area contributed by atoms with Crippen molar-refractivity contribution >= 4 is 40.5 Å². The molecule has 1 aliphatic heterocycles. The number of nitrogens with zero attached hydrogens (tertiary/aromatic N) is 2. The van der Waals surface area contributed by atoms with Crippen LogP contribution in [-0.4, -0.2) is 28.0 Å². The SMILES string of the molecule is CCOC(=O)[C@@H]1C(=O)Nc2nc3ccccc3n2[C@@H]1c1cccc(Cl)c1. The summed E-state index contributed by atoms with van der Waals surface area (Å²) >= 11 is 6.17. The van der Waals surface area contributed by atoms with E-state index in [1.807, 2.05) is 34.9 Å². The number of benzene rings is 2. The molecule has 1 N–H and O–H groups in total. The number of hydrogen-bond donors (Lipinski definition) is 1. The quantitative estimate of drug-likeness (QED) is 0.567. The van der Waals surface area contributed by atoms with Crippen LogP contribution in [0.5, 0.6) is 0 Å². The lowest BCUT2D eigenvalue weighted by Gasteiger charge is -2.32. The van der Waals surface area contributed by atoms with Gasteiger partial charge in [0.2, 0.25) is 11.9 Å². The van der Waals surface area contributed by atoms with Crippen LogP contribution < -0.4 is 5.32 Å². The van der Waals surface area contributed by atoms with E-state index in [1.54, 1.807) is 25.1 Å². The maximum atomic E-state index is 12.7. The van der Waals surface area contributed by atoms with Crippen molar-refractivity contribution in [1.29, 1.82) is 0 Å². The van der Waals surface area contributed by atoms with Gasteiger partial charge in [0.15, 0.2) is 5.92 Å². The molecule has 1 aliphatic rings. The maximum Gasteiger partial charge on any atom is 0.321 e. The minimum atomic E-state index is -1.03. The Hall–Kier alpha value is -2.86. The zero-order valence-corrected chi connectivity index (χ0v) is 14.7. The number of ether oxygens (including phenoxy) is 1. The molecule has 0 unspecified atom stereocenters. The minimum Gasteiger partial charge on any atom is -0.465 e. The average molecular weight is 370 g/mol. The molecule has 2 heterocycles. The van der Waals surface area contributed by atoms with Crippen LogP contribution in [-0.2, 0) is 14.3 Å². The zero-order valence-electron chi connectivity index (χ0n) is 14.0. The smallest absolute Gasteiger partial charge is 0.321 e. The lowest BCUT2D eigenvalue weighted by atomic mass is 9.90. The van der Waals surface area contributed by atoms with Gasteiger partial charge in [-0.3, -0.25) is 14.9 Å². The fourth-order valence-corrected chi connectivity index (χ4v) is 3.59. The van der Waals surface area contributed by atoms with Gasteiger partial charge in [0.25, 0.3) is 0 Å². The van der Waals surface area contributed by atoms with Gasteiger partial charge in [0.05, 0.1) is 23.7 Å². The van der Waals surface area contributed by atoms with Gasteiger partial charge in [-0.1, -0.05) is 35.9 Å². The van der Waals surface area contributed by atoms with E-state index in [4.69, 9.17) is 16.3 Å². The molecule has 4 rings (SSSR count). The number of nitrogens with one attached hydrogen (secondary N) is 1. The Morgan fingerprint density at radius 3 is 2.85 bits per heavy atom. The predicted octanol–water partition coefficient (Wildman–Crippen LogP) is 3.41.